The largest absolute Gasteiger partial charge is 0.304 e. The first-order valence-electron chi connectivity index (χ1n) is 9.98. The van der Waals surface area contributed by atoms with Crippen molar-refractivity contribution in [2.24, 2.45) is 0 Å². The van der Waals surface area contributed by atoms with E-state index >= 15 is 0 Å². The molecule has 0 spiro atoms. The maximum Gasteiger partial charge on any atom is 0.256 e. The predicted octanol–water partition coefficient (Wildman–Crippen LogP) is 6.36. The summed E-state index contributed by atoms with van der Waals surface area (Å²) in [5.41, 5.74) is 3.83. The predicted molar refractivity (Wildman–Crippen MR) is 133 cm³/mol. The van der Waals surface area contributed by atoms with Crippen molar-refractivity contribution in [3.63, 3.8) is 0 Å². The maximum atomic E-state index is 14.1. The average molecular weight is 596 g/mol. The maximum absolute atomic E-state index is 14.1. The second kappa shape index (κ2) is 9.79. The third-order valence-electron chi connectivity index (χ3n) is 5.17. The lowest BCUT2D eigenvalue weighted by molar-refractivity contribution is 0.102. The minimum atomic E-state index is -0.410. The van der Waals surface area contributed by atoms with E-state index in [1.54, 1.807) is 30.5 Å². The number of carbonyl (C=O) groups is 1. The van der Waals surface area contributed by atoms with E-state index in [-0.39, 0.29) is 12.5 Å². The molecule has 2 heterocycles. The van der Waals surface area contributed by atoms with Gasteiger partial charge in [0.05, 0.1) is 33.4 Å². The average Bonchev–Trinajstić information content (AvgIpc) is 3.24. The molecule has 4 aromatic rings. The third kappa shape index (κ3) is 5.20. The van der Waals surface area contributed by atoms with Gasteiger partial charge >= 0.3 is 0 Å². The van der Waals surface area contributed by atoms with Gasteiger partial charge in [-0.3, -0.25) is 14.2 Å². The van der Waals surface area contributed by atoms with E-state index in [9.17, 15) is 9.18 Å². The van der Waals surface area contributed by atoms with Crippen LogP contribution in [0.3, 0.4) is 0 Å². The summed E-state index contributed by atoms with van der Waals surface area (Å²) >= 11 is 13.0. The molecule has 4 rings (SSSR count). The van der Waals surface area contributed by atoms with Gasteiger partial charge in [0.15, 0.2) is 5.82 Å². The van der Waals surface area contributed by atoms with Crippen LogP contribution in [-0.4, -0.2) is 25.5 Å². The molecule has 0 unspecified atom stereocenters. The fourth-order valence-corrected chi connectivity index (χ4v) is 4.27. The van der Waals surface area contributed by atoms with Gasteiger partial charge in [-0.15, -0.1) is 0 Å². The van der Waals surface area contributed by atoms with Crippen molar-refractivity contribution in [2.45, 2.75) is 26.9 Å². The van der Waals surface area contributed by atoms with Crippen molar-refractivity contribution in [2.75, 3.05) is 5.32 Å². The Balaban J connectivity index is 1.44. The van der Waals surface area contributed by atoms with Gasteiger partial charge in [-0.2, -0.15) is 10.2 Å². The molecule has 10 heteroatoms. The first-order valence-corrected chi connectivity index (χ1v) is 11.9. The molecule has 0 saturated carbocycles. The fraction of sp³-hybridized carbons (Fsp3) is 0.174. The molecule has 2 aromatic heterocycles. The molecule has 0 saturated heterocycles. The van der Waals surface area contributed by atoms with E-state index in [0.29, 0.717) is 33.0 Å². The normalized spacial score (nSPS) is 11.1. The summed E-state index contributed by atoms with van der Waals surface area (Å²) in [5.74, 6) is -0.373. The lowest BCUT2D eigenvalue weighted by Crippen LogP contribution is -2.13. The van der Waals surface area contributed by atoms with Crippen LogP contribution in [-0.2, 0) is 13.1 Å². The highest BCUT2D eigenvalue weighted by atomic mass is 79.9. The van der Waals surface area contributed by atoms with Crippen LogP contribution in [0.2, 0.25) is 5.02 Å². The number of nitrogens with zero attached hydrogens (tertiary/aromatic N) is 4. The molecule has 0 aliphatic carbocycles. The summed E-state index contributed by atoms with van der Waals surface area (Å²) in [5, 5.41) is 12.0. The Hall–Kier alpha value is -2.49. The Bertz CT molecular complexity index is 1310. The Morgan fingerprint density at radius 2 is 1.82 bits per heavy atom. The van der Waals surface area contributed by atoms with Crippen LogP contribution in [0, 0.1) is 19.7 Å². The molecule has 6 nitrogen and oxygen atoms in total. The number of amides is 1. The van der Waals surface area contributed by atoms with Crippen LogP contribution < -0.4 is 5.32 Å². The number of benzene rings is 2. The first kappa shape index (κ1) is 23.7. The Labute approximate surface area is 212 Å². The van der Waals surface area contributed by atoms with E-state index in [0.717, 1.165) is 21.4 Å². The number of aromatic nitrogens is 4. The van der Waals surface area contributed by atoms with Crippen molar-refractivity contribution in [3.8, 4) is 0 Å². The van der Waals surface area contributed by atoms with Crippen molar-refractivity contribution in [1.29, 1.82) is 0 Å². The number of rotatable bonds is 6. The molecule has 170 valence electrons. The molecule has 2 aromatic carbocycles. The summed E-state index contributed by atoms with van der Waals surface area (Å²) in [7, 11) is 0. The van der Waals surface area contributed by atoms with Gasteiger partial charge in [0.1, 0.15) is 5.82 Å². The Morgan fingerprint density at radius 3 is 2.45 bits per heavy atom. The molecule has 33 heavy (non-hydrogen) atoms. The summed E-state index contributed by atoms with van der Waals surface area (Å²) in [6.07, 6.45) is 1.66. The molecule has 0 aliphatic heterocycles. The molecule has 1 amide bonds. The van der Waals surface area contributed by atoms with E-state index < -0.39 is 5.82 Å². The van der Waals surface area contributed by atoms with Gasteiger partial charge in [-0.05, 0) is 75.5 Å². The fourth-order valence-electron chi connectivity index (χ4n) is 3.35. The molecular weight excluding hydrogens is 577 g/mol. The smallest absolute Gasteiger partial charge is 0.256 e. The molecule has 0 bridgehead atoms. The van der Waals surface area contributed by atoms with E-state index in [4.69, 9.17) is 11.6 Å². The summed E-state index contributed by atoms with van der Waals surface area (Å²) in [6.45, 7) is 4.69. The molecular formula is C23H19Br2ClFN5O. The highest BCUT2D eigenvalue weighted by Gasteiger charge is 2.15. The van der Waals surface area contributed by atoms with Gasteiger partial charge < -0.3 is 5.32 Å². The molecule has 1 N–H and O–H groups in total. The quantitative estimate of drug-likeness (QED) is 0.282. The molecule has 0 aliphatic rings. The van der Waals surface area contributed by atoms with Crippen LogP contribution in [0.5, 0.6) is 0 Å². The second-order valence-electron chi connectivity index (χ2n) is 7.52. The molecule has 0 atom stereocenters. The summed E-state index contributed by atoms with van der Waals surface area (Å²) < 4.78 is 19.1. The van der Waals surface area contributed by atoms with Gasteiger partial charge in [0.25, 0.3) is 5.91 Å². The van der Waals surface area contributed by atoms with Crippen molar-refractivity contribution < 1.29 is 9.18 Å². The second-order valence-corrected chi connectivity index (χ2v) is 9.57. The van der Waals surface area contributed by atoms with Gasteiger partial charge in [-0.1, -0.05) is 29.8 Å². The minimum absolute atomic E-state index is 0.136. The number of anilines is 1. The Kier molecular flexibility index (Phi) is 7.02. The number of hydrogen-bond acceptors (Lipinski definition) is 3. The van der Waals surface area contributed by atoms with Crippen LogP contribution in [0.4, 0.5) is 10.2 Å². The molecule has 0 fully saturated rings. The highest BCUT2D eigenvalue weighted by Crippen LogP contribution is 2.25. The SMILES string of the molecule is Cc1nn(Cc2ccc(C(=O)Nc3nn(Cc4c(F)cccc4Cl)cc3Br)cc2)c(C)c1Br. The monoisotopic (exact) mass is 593 g/mol. The zero-order chi connectivity index (χ0) is 23.7. The van der Waals surface area contributed by atoms with Crippen molar-refractivity contribution >= 4 is 55.2 Å². The van der Waals surface area contributed by atoms with E-state index in [1.807, 2.05) is 30.7 Å². The number of hydrogen-bond donors (Lipinski definition) is 1. The number of aryl methyl sites for hydroxylation is 1. The summed E-state index contributed by atoms with van der Waals surface area (Å²) in [4.78, 5) is 12.7. The Morgan fingerprint density at radius 1 is 1.09 bits per heavy atom. The van der Waals surface area contributed by atoms with Gasteiger partial charge in [-0.25, -0.2) is 4.39 Å². The van der Waals surface area contributed by atoms with E-state index in [1.165, 1.54) is 10.7 Å². The number of halogens is 4. The first-order chi connectivity index (χ1) is 15.7. The summed E-state index contributed by atoms with van der Waals surface area (Å²) in [6, 6.07) is 11.8. The minimum Gasteiger partial charge on any atom is -0.304 e. The number of nitrogens with one attached hydrogen (secondary N) is 1. The van der Waals surface area contributed by atoms with Gasteiger partial charge in [0, 0.05) is 22.3 Å². The number of carbonyl (C=O) groups excluding carboxylic acids is 1. The van der Waals surface area contributed by atoms with Crippen molar-refractivity contribution in [1.82, 2.24) is 19.6 Å². The topological polar surface area (TPSA) is 64.7 Å². The van der Waals surface area contributed by atoms with Crippen LogP contribution in [0.25, 0.3) is 0 Å². The lowest BCUT2D eigenvalue weighted by atomic mass is 10.1. The van der Waals surface area contributed by atoms with Crippen LogP contribution in [0.15, 0.2) is 57.6 Å². The standard InChI is InChI=1S/C23H19Br2ClFN5O/c1-13-21(25)14(2)32(29-13)10-15-6-8-16(9-7-15)23(33)28-22-18(24)12-31(30-22)11-17-19(26)4-3-5-20(17)27/h3-9,12H,10-11H2,1-2H3,(H,28,30,33). The zero-order valence-corrected chi connectivity index (χ0v) is 21.7. The zero-order valence-electron chi connectivity index (χ0n) is 17.7. The van der Waals surface area contributed by atoms with Crippen LogP contribution >= 0.6 is 43.5 Å². The van der Waals surface area contributed by atoms with Gasteiger partial charge in [0.2, 0.25) is 0 Å². The third-order valence-corrected chi connectivity index (χ3v) is 7.25. The van der Waals surface area contributed by atoms with Crippen molar-refractivity contribution in [3.05, 3.63) is 96.5 Å². The molecule has 0 radical (unpaired) electrons. The highest BCUT2D eigenvalue weighted by molar-refractivity contribution is 9.11. The van der Waals surface area contributed by atoms with Crippen LogP contribution in [0.1, 0.15) is 32.9 Å². The van der Waals surface area contributed by atoms with E-state index in [2.05, 4.69) is 47.4 Å². The lowest BCUT2D eigenvalue weighted by Gasteiger charge is -2.07.